The van der Waals surface area contributed by atoms with Gasteiger partial charge in [-0.05, 0) is 47.8 Å². The number of benzene rings is 3. The van der Waals surface area contributed by atoms with Crippen molar-refractivity contribution in [3.63, 3.8) is 0 Å². The highest BCUT2D eigenvalue weighted by Crippen LogP contribution is 2.44. The van der Waals surface area contributed by atoms with Crippen molar-refractivity contribution < 1.29 is 33.6 Å². The molecule has 0 aromatic heterocycles. The molecule has 370 valence electrons. The molecule has 0 heterocycles. The number of nitrogens with two attached hydrogens (primary N) is 2. The van der Waals surface area contributed by atoms with E-state index in [0.29, 0.717) is 12.2 Å². The SMILES string of the molecule is CC(C)C[C@@H](NC(=O)CC1(SCc2ccccc2)CCCCC1)C(=O)N[C@@H](Cc1ccccc1)C(=O)N[C@H](C(=O)N[C@@H](CC(N)=O)C(=O)N[C@@H](CSCc1ccccc1)C(=O)NCCN)C(C)C. The van der Waals surface area contributed by atoms with Crippen LogP contribution in [0.3, 0.4) is 0 Å². The molecule has 3 aromatic carbocycles. The molecule has 0 saturated heterocycles. The van der Waals surface area contributed by atoms with Gasteiger partial charge in [0, 0.05) is 47.9 Å². The molecule has 0 aliphatic heterocycles. The van der Waals surface area contributed by atoms with Crippen molar-refractivity contribution in [1.82, 2.24) is 31.9 Å². The number of carbonyl (C=O) groups excluding carboxylic acids is 7. The molecule has 15 nitrogen and oxygen atoms in total. The van der Waals surface area contributed by atoms with Crippen molar-refractivity contribution >= 4 is 64.9 Å². The van der Waals surface area contributed by atoms with Crippen LogP contribution in [-0.4, -0.2) is 95.1 Å². The molecule has 0 radical (unpaired) electrons. The summed E-state index contributed by atoms with van der Waals surface area (Å²) in [4.78, 5) is 96.0. The van der Waals surface area contributed by atoms with Crippen LogP contribution in [0.5, 0.6) is 0 Å². The maximum absolute atomic E-state index is 14.4. The molecule has 10 N–H and O–H groups in total. The second-order valence-electron chi connectivity index (χ2n) is 18.3. The molecular weight excluding hydrogens is 901 g/mol. The maximum Gasteiger partial charge on any atom is 0.243 e. The standard InChI is InChI=1S/C51H72N8O7S2/c1-34(2)27-39(55-44(61)30-51(23-15-8-16-24-51)68-32-38-21-13-7-14-22-38)47(63)56-40(28-36-17-9-5-10-18-36)49(65)59-45(35(3)4)50(66)57-41(29-43(53)60)48(64)58-42(46(62)54-26-25-52)33-67-31-37-19-11-6-12-20-37/h5-7,9-14,17-22,34-35,39-42,45H,8,15-16,23-33,52H2,1-4H3,(H2,53,60)(H,54,62)(H,55,61)(H,56,63)(H,57,66)(H,58,64)(H,59,65)/t39-,40+,41+,42+,45+/m1/s1. The van der Waals surface area contributed by atoms with Gasteiger partial charge in [0.1, 0.15) is 30.2 Å². The van der Waals surface area contributed by atoms with Crippen molar-refractivity contribution in [2.24, 2.45) is 23.3 Å². The van der Waals surface area contributed by atoms with Gasteiger partial charge in [-0.1, -0.05) is 138 Å². The molecule has 4 rings (SSSR count). The predicted molar refractivity (Wildman–Crippen MR) is 271 cm³/mol. The van der Waals surface area contributed by atoms with E-state index < -0.39 is 78.0 Å². The number of primary amides is 1. The van der Waals surface area contributed by atoms with Crippen molar-refractivity contribution in [3.8, 4) is 0 Å². The molecule has 68 heavy (non-hydrogen) atoms. The van der Waals surface area contributed by atoms with Crippen LogP contribution in [-0.2, 0) is 51.5 Å². The van der Waals surface area contributed by atoms with E-state index in [9.17, 15) is 33.6 Å². The van der Waals surface area contributed by atoms with Crippen LogP contribution in [0.1, 0.15) is 95.8 Å². The summed E-state index contributed by atoms with van der Waals surface area (Å²) in [5, 5.41) is 16.7. The fourth-order valence-corrected chi connectivity index (χ4v) is 10.5. The molecular formula is C51H72N8O7S2. The van der Waals surface area contributed by atoms with Gasteiger partial charge in [-0.3, -0.25) is 33.6 Å². The Morgan fingerprint density at radius 2 is 1.13 bits per heavy atom. The predicted octanol–water partition coefficient (Wildman–Crippen LogP) is 4.27. The van der Waals surface area contributed by atoms with Crippen molar-refractivity contribution in [2.75, 3.05) is 18.8 Å². The molecule has 0 spiro atoms. The first kappa shape index (κ1) is 55.2. The van der Waals surface area contributed by atoms with Gasteiger partial charge in [0.2, 0.25) is 41.4 Å². The van der Waals surface area contributed by atoms with Gasteiger partial charge in [0.05, 0.1) is 6.42 Å². The summed E-state index contributed by atoms with van der Waals surface area (Å²) in [5.74, 6) is -3.42. The second-order valence-corrected chi connectivity index (χ2v) is 20.8. The lowest BCUT2D eigenvalue weighted by Crippen LogP contribution is -2.61. The van der Waals surface area contributed by atoms with Gasteiger partial charge in [0.25, 0.3) is 0 Å². The van der Waals surface area contributed by atoms with E-state index in [2.05, 4.69) is 44.0 Å². The quantitative estimate of drug-likeness (QED) is 0.0514. The Bertz CT molecular complexity index is 2070. The Balaban J connectivity index is 1.50. The fraction of sp³-hybridized carbons (Fsp3) is 0.510. The van der Waals surface area contributed by atoms with E-state index in [-0.39, 0.29) is 48.3 Å². The molecule has 0 unspecified atom stereocenters. The monoisotopic (exact) mass is 972 g/mol. The lowest BCUT2D eigenvalue weighted by Gasteiger charge is -2.37. The van der Waals surface area contributed by atoms with Crippen LogP contribution in [0.4, 0.5) is 0 Å². The molecule has 1 aliphatic rings. The van der Waals surface area contributed by atoms with Crippen LogP contribution < -0.4 is 43.4 Å². The Kier molecular flexibility index (Phi) is 23.4. The Hall–Kier alpha value is -5.39. The number of amides is 7. The molecule has 1 saturated carbocycles. The zero-order valence-corrected chi connectivity index (χ0v) is 41.6. The van der Waals surface area contributed by atoms with Gasteiger partial charge in [0.15, 0.2) is 0 Å². The smallest absolute Gasteiger partial charge is 0.243 e. The Morgan fingerprint density at radius 1 is 0.603 bits per heavy atom. The zero-order valence-electron chi connectivity index (χ0n) is 39.9. The van der Waals surface area contributed by atoms with Crippen molar-refractivity contribution in [2.45, 2.75) is 132 Å². The third-order valence-corrected chi connectivity index (χ3v) is 14.4. The zero-order chi connectivity index (χ0) is 49.5. The second kappa shape index (κ2) is 28.8. The highest BCUT2D eigenvalue weighted by atomic mass is 32.2. The number of thioether (sulfide) groups is 2. The fourth-order valence-electron chi connectivity index (χ4n) is 8.05. The lowest BCUT2D eigenvalue weighted by molar-refractivity contribution is -0.136. The molecule has 17 heteroatoms. The first-order chi connectivity index (χ1) is 32.6. The van der Waals surface area contributed by atoms with Crippen LogP contribution in [0, 0.1) is 11.8 Å². The first-order valence-electron chi connectivity index (χ1n) is 23.7. The molecule has 0 bridgehead atoms. The summed E-state index contributed by atoms with van der Waals surface area (Å²) >= 11 is 3.22. The highest BCUT2D eigenvalue weighted by molar-refractivity contribution is 8.00. The maximum atomic E-state index is 14.4. The van der Waals surface area contributed by atoms with E-state index in [1.807, 2.05) is 92.7 Å². The molecule has 5 atom stereocenters. The van der Waals surface area contributed by atoms with Gasteiger partial charge < -0.3 is 43.4 Å². The minimum absolute atomic E-state index is 0.0201. The summed E-state index contributed by atoms with van der Waals surface area (Å²) in [6.07, 6.45) is 5.03. The van der Waals surface area contributed by atoms with E-state index in [1.54, 1.807) is 25.6 Å². The van der Waals surface area contributed by atoms with E-state index >= 15 is 0 Å². The number of hydrogen-bond acceptors (Lipinski definition) is 10. The molecule has 1 aliphatic carbocycles. The Labute approximate surface area is 410 Å². The summed E-state index contributed by atoms with van der Waals surface area (Å²) in [6.45, 7) is 7.65. The summed E-state index contributed by atoms with van der Waals surface area (Å²) in [5.41, 5.74) is 14.1. The van der Waals surface area contributed by atoms with Crippen LogP contribution in [0.15, 0.2) is 91.0 Å². The van der Waals surface area contributed by atoms with E-state index in [4.69, 9.17) is 11.5 Å². The Morgan fingerprint density at radius 3 is 1.69 bits per heavy atom. The minimum atomic E-state index is -1.49. The van der Waals surface area contributed by atoms with Crippen molar-refractivity contribution in [1.29, 1.82) is 0 Å². The summed E-state index contributed by atoms with van der Waals surface area (Å²) in [7, 11) is 0. The van der Waals surface area contributed by atoms with E-state index in [1.165, 1.54) is 17.3 Å². The first-order valence-corrected chi connectivity index (χ1v) is 25.8. The molecule has 3 aromatic rings. The average molecular weight is 973 g/mol. The van der Waals surface area contributed by atoms with E-state index in [0.717, 1.165) is 49.0 Å². The summed E-state index contributed by atoms with van der Waals surface area (Å²) in [6, 6.07) is 23.0. The lowest BCUT2D eigenvalue weighted by atomic mass is 9.85. The highest BCUT2D eigenvalue weighted by Gasteiger charge is 2.38. The number of hydrogen-bond donors (Lipinski definition) is 8. The van der Waals surface area contributed by atoms with Crippen LogP contribution in [0.2, 0.25) is 0 Å². The largest absolute Gasteiger partial charge is 0.370 e. The third-order valence-electron chi connectivity index (χ3n) is 11.7. The normalized spacial score (nSPS) is 15.5. The molecule has 1 fully saturated rings. The van der Waals surface area contributed by atoms with Crippen LogP contribution in [0.25, 0.3) is 0 Å². The van der Waals surface area contributed by atoms with Gasteiger partial charge >= 0.3 is 0 Å². The van der Waals surface area contributed by atoms with Gasteiger partial charge in [-0.2, -0.15) is 11.8 Å². The summed E-state index contributed by atoms with van der Waals surface area (Å²) < 4.78 is -0.265. The topological polar surface area (TPSA) is 244 Å². The number of rotatable bonds is 28. The molecule has 7 amide bonds. The number of nitrogens with one attached hydrogen (secondary N) is 6. The van der Waals surface area contributed by atoms with Gasteiger partial charge in [-0.15, -0.1) is 11.8 Å². The minimum Gasteiger partial charge on any atom is -0.370 e. The third kappa shape index (κ3) is 19.3. The number of carbonyl (C=O) groups is 7. The van der Waals surface area contributed by atoms with Crippen molar-refractivity contribution in [3.05, 3.63) is 108 Å². The average Bonchev–Trinajstić information content (AvgIpc) is 3.31. The van der Waals surface area contributed by atoms with Crippen LogP contribution >= 0.6 is 23.5 Å². The van der Waals surface area contributed by atoms with Gasteiger partial charge in [-0.25, -0.2) is 0 Å².